The molecule has 0 radical (unpaired) electrons. The molecule has 1 nitrogen and oxygen atoms in total. The first kappa shape index (κ1) is 13.2. The summed E-state index contributed by atoms with van der Waals surface area (Å²) in [6.07, 6.45) is -2.66. The van der Waals surface area contributed by atoms with Gasteiger partial charge in [-0.15, -0.1) is 0 Å². The molecule has 15 heavy (non-hydrogen) atoms. The molecule has 2 atom stereocenters. The Morgan fingerprint density at radius 3 is 2.73 bits per heavy atom. The molecule has 0 aromatic carbocycles. The summed E-state index contributed by atoms with van der Waals surface area (Å²) in [6, 6.07) is 0.715. The predicted octanol–water partition coefficient (Wildman–Crippen LogP) is 3.20. The molecule has 1 aliphatic rings. The first-order valence-electron chi connectivity index (χ1n) is 5.38. The third-order valence-corrected chi connectivity index (χ3v) is 3.71. The quantitative estimate of drug-likeness (QED) is 0.793. The summed E-state index contributed by atoms with van der Waals surface area (Å²) in [6.45, 7) is 1.97. The van der Waals surface area contributed by atoms with Crippen LogP contribution in [0.1, 0.15) is 32.6 Å². The molecular formula is C10H18F3NS. The molecule has 1 aliphatic heterocycles. The van der Waals surface area contributed by atoms with Gasteiger partial charge in [0, 0.05) is 24.3 Å². The van der Waals surface area contributed by atoms with Crippen molar-refractivity contribution in [3.8, 4) is 0 Å². The van der Waals surface area contributed by atoms with Crippen LogP contribution in [0.5, 0.6) is 0 Å². The fraction of sp³-hybridized carbons (Fsp3) is 1.00. The van der Waals surface area contributed by atoms with Crippen LogP contribution >= 0.6 is 11.8 Å². The van der Waals surface area contributed by atoms with Gasteiger partial charge in [0.2, 0.25) is 0 Å². The van der Waals surface area contributed by atoms with Gasteiger partial charge in [-0.25, -0.2) is 0 Å². The van der Waals surface area contributed by atoms with Gasteiger partial charge < -0.3 is 5.32 Å². The standard InChI is InChI=1S/C10H18F3NS/c1-8(3-2-5-10(11,12)13)14-9-4-6-15-7-9/h8-9,14H,2-7H2,1H3. The molecule has 0 bridgehead atoms. The Morgan fingerprint density at radius 1 is 1.47 bits per heavy atom. The Labute approximate surface area is 93.2 Å². The first-order valence-corrected chi connectivity index (χ1v) is 6.53. The topological polar surface area (TPSA) is 12.0 Å². The van der Waals surface area contributed by atoms with Gasteiger partial charge in [-0.2, -0.15) is 24.9 Å². The Hall–Kier alpha value is 0.100. The maximum atomic E-state index is 11.9. The molecule has 0 aliphatic carbocycles. The third kappa shape index (κ3) is 6.30. The smallest absolute Gasteiger partial charge is 0.311 e. The van der Waals surface area contributed by atoms with Crippen molar-refractivity contribution in [2.45, 2.75) is 50.9 Å². The maximum Gasteiger partial charge on any atom is 0.389 e. The maximum absolute atomic E-state index is 11.9. The second-order valence-electron chi connectivity index (χ2n) is 4.14. The van der Waals surface area contributed by atoms with Crippen LogP contribution in [0.4, 0.5) is 13.2 Å². The van der Waals surface area contributed by atoms with Gasteiger partial charge >= 0.3 is 6.18 Å². The molecule has 1 saturated heterocycles. The average Bonchev–Trinajstić information content (AvgIpc) is 2.54. The van der Waals surface area contributed by atoms with Crippen molar-refractivity contribution < 1.29 is 13.2 Å². The average molecular weight is 241 g/mol. The van der Waals surface area contributed by atoms with E-state index in [1.54, 1.807) is 0 Å². The van der Waals surface area contributed by atoms with E-state index in [9.17, 15) is 13.2 Å². The molecule has 0 aromatic rings. The zero-order valence-electron chi connectivity index (χ0n) is 8.94. The van der Waals surface area contributed by atoms with Crippen molar-refractivity contribution >= 4 is 11.8 Å². The van der Waals surface area contributed by atoms with Gasteiger partial charge in [0.1, 0.15) is 0 Å². The Bertz CT molecular complexity index is 178. The Kier molecular flexibility index (Phi) is 5.26. The van der Waals surface area contributed by atoms with E-state index < -0.39 is 12.6 Å². The summed E-state index contributed by atoms with van der Waals surface area (Å²) >= 11 is 1.91. The monoisotopic (exact) mass is 241 g/mol. The number of nitrogens with one attached hydrogen (secondary N) is 1. The van der Waals surface area contributed by atoms with Crippen molar-refractivity contribution in [2.75, 3.05) is 11.5 Å². The van der Waals surface area contributed by atoms with Gasteiger partial charge in [0.15, 0.2) is 0 Å². The summed E-state index contributed by atoms with van der Waals surface area (Å²) in [5.41, 5.74) is 0. The highest BCUT2D eigenvalue weighted by atomic mass is 32.2. The third-order valence-electron chi connectivity index (χ3n) is 2.55. The molecular weight excluding hydrogens is 223 g/mol. The number of alkyl halides is 3. The lowest BCUT2D eigenvalue weighted by Gasteiger charge is -2.18. The Balaban J connectivity index is 2.05. The highest BCUT2D eigenvalue weighted by Crippen LogP contribution is 2.23. The summed E-state index contributed by atoms with van der Waals surface area (Å²) in [4.78, 5) is 0. The molecule has 0 amide bonds. The molecule has 5 heteroatoms. The number of halogens is 3. The van der Waals surface area contributed by atoms with Crippen LogP contribution < -0.4 is 5.32 Å². The van der Waals surface area contributed by atoms with Gasteiger partial charge in [0.25, 0.3) is 0 Å². The molecule has 0 spiro atoms. The summed E-state index contributed by atoms with van der Waals surface area (Å²) < 4.78 is 35.7. The lowest BCUT2D eigenvalue weighted by Crippen LogP contribution is -2.36. The molecule has 1 N–H and O–H groups in total. The molecule has 1 fully saturated rings. The predicted molar refractivity (Wildman–Crippen MR) is 58.2 cm³/mol. The van der Waals surface area contributed by atoms with E-state index in [2.05, 4.69) is 5.32 Å². The molecule has 1 rings (SSSR count). The number of rotatable bonds is 5. The highest BCUT2D eigenvalue weighted by Gasteiger charge is 2.26. The highest BCUT2D eigenvalue weighted by molar-refractivity contribution is 7.99. The second-order valence-corrected chi connectivity index (χ2v) is 5.29. The van der Waals surface area contributed by atoms with Crippen molar-refractivity contribution in [2.24, 2.45) is 0 Å². The van der Waals surface area contributed by atoms with Crippen LogP contribution in [0.25, 0.3) is 0 Å². The molecule has 2 unspecified atom stereocenters. The fourth-order valence-corrected chi connectivity index (χ4v) is 2.93. The minimum absolute atomic E-state index is 0.205. The zero-order chi connectivity index (χ0) is 11.3. The van der Waals surface area contributed by atoms with E-state index in [4.69, 9.17) is 0 Å². The van der Waals surface area contributed by atoms with E-state index in [-0.39, 0.29) is 12.5 Å². The van der Waals surface area contributed by atoms with Crippen LogP contribution in [-0.2, 0) is 0 Å². The van der Waals surface area contributed by atoms with Gasteiger partial charge in [-0.1, -0.05) is 0 Å². The lowest BCUT2D eigenvalue weighted by atomic mass is 10.1. The van der Waals surface area contributed by atoms with Crippen LogP contribution in [0.3, 0.4) is 0 Å². The lowest BCUT2D eigenvalue weighted by molar-refractivity contribution is -0.135. The van der Waals surface area contributed by atoms with Crippen LogP contribution in [-0.4, -0.2) is 29.8 Å². The molecule has 0 saturated carbocycles. The van der Waals surface area contributed by atoms with Gasteiger partial charge in [-0.3, -0.25) is 0 Å². The van der Waals surface area contributed by atoms with E-state index in [0.29, 0.717) is 12.5 Å². The SMILES string of the molecule is CC(CCCC(F)(F)F)NC1CCSC1. The van der Waals surface area contributed by atoms with E-state index in [0.717, 1.165) is 12.2 Å². The number of hydrogen-bond acceptors (Lipinski definition) is 2. The van der Waals surface area contributed by atoms with Gasteiger partial charge in [0.05, 0.1) is 0 Å². The minimum Gasteiger partial charge on any atom is -0.311 e. The fourth-order valence-electron chi connectivity index (χ4n) is 1.76. The summed E-state index contributed by atoms with van der Waals surface area (Å²) in [7, 11) is 0. The Morgan fingerprint density at radius 2 is 2.20 bits per heavy atom. The summed E-state index contributed by atoms with van der Waals surface area (Å²) in [5, 5.41) is 3.38. The first-order chi connectivity index (χ1) is 6.97. The van der Waals surface area contributed by atoms with E-state index >= 15 is 0 Å². The molecule has 90 valence electrons. The second kappa shape index (κ2) is 5.99. The van der Waals surface area contributed by atoms with Crippen molar-refractivity contribution in [1.29, 1.82) is 0 Å². The largest absolute Gasteiger partial charge is 0.389 e. The van der Waals surface area contributed by atoms with E-state index in [1.165, 1.54) is 5.75 Å². The minimum atomic E-state index is -4.00. The van der Waals surface area contributed by atoms with Crippen molar-refractivity contribution in [3.05, 3.63) is 0 Å². The van der Waals surface area contributed by atoms with Gasteiger partial charge in [-0.05, 0) is 31.9 Å². The zero-order valence-corrected chi connectivity index (χ0v) is 9.76. The van der Waals surface area contributed by atoms with Crippen LogP contribution in [0.15, 0.2) is 0 Å². The molecule has 1 heterocycles. The number of thioether (sulfide) groups is 1. The van der Waals surface area contributed by atoms with Crippen molar-refractivity contribution in [1.82, 2.24) is 5.32 Å². The van der Waals surface area contributed by atoms with Crippen molar-refractivity contribution in [3.63, 3.8) is 0 Å². The summed E-state index contributed by atoms with van der Waals surface area (Å²) in [5.74, 6) is 2.27. The molecule has 0 aromatic heterocycles. The number of hydrogen-bond donors (Lipinski definition) is 1. The van der Waals surface area contributed by atoms with Crippen LogP contribution in [0.2, 0.25) is 0 Å². The van der Waals surface area contributed by atoms with E-state index in [1.807, 2.05) is 18.7 Å². The van der Waals surface area contributed by atoms with Crippen LogP contribution in [0, 0.1) is 0 Å². The normalized spacial score (nSPS) is 24.4.